The zero-order valence-electron chi connectivity index (χ0n) is 12.6. The van der Waals surface area contributed by atoms with Gasteiger partial charge in [0.15, 0.2) is 6.29 Å². The number of halogens is 3. The largest absolute Gasteiger partial charge is 0.473 e. The molecule has 0 amide bonds. The first-order valence-corrected chi connectivity index (χ1v) is 8.16. The molecule has 0 aliphatic heterocycles. The van der Waals surface area contributed by atoms with Crippen LogP contribution in [0.4, 0.5) is 4.39 Å². The Morgan fingerprint density at radius 2 is 2.08 bits per heavy atom. The molecule has 126 valence electrons. The molecule has 0 radical (unpaired) electrons. The Balaban J connectivity index is 2.43. The van der Waals surface area contributed by atoms with Crippen LogP contribution in [0, 0.1) is 5.82 Å². The Labute approximate surface area is 151 Å². The van der Waals surface area contributed by atoms with Gasteiger partial charge in [0.1, 0.15) is 11.6 Å². The highest BCUT2D eigenvalue weighted by molar-refractivity contribution is 9.10. The molecule has 0 aromatic heterocycles. The van der Waals surface area contributed by atoms with Crippen molar-refractivity contribution in [3.63, 3.8) is 0 Å². The minimum Gasteiger partial charge on any atom is -0.473 e. The maximum atomic E-state index is 13.4. The van der Waals surface area contributed by atoms with Gasteiger partial charge in [-0.3, -0.25) is 4.79 Å². The van der Waals surface area contributed by atoms with Gasteiger partial charge >= 0.3 is 5.97 Å². The molecule has 0 heterocycles. The van der Waals surface area contributed by atoms with Crippen molar-refractivity contribution in [2.45, 2.75) is 13.0 Å². The highest BCUT2D eigenvalue weighted by atomic mass is 79.9. The first kappa shape index (κ1) is 18.4. The van der Waals surface area contributed by atoms with E-state index in [1.165, 1.54) is 12.1 Å². The molecule has 2 aromatic carbocycles. The molecule has 1 atom stereocenters. The molecule has 4 nitrogen and oxygen atoms in total. The van der Waals surface area contributed by atoms with E-state index < -0.39 is 17.9 Å². The summed E-state index contributed by atoms with van der Waals surface area (Å²) in [6.45, 7) is 1.80. The lowest BCUT2D eigenvalue weighted by molar-refractivity contribution is -0.151. The van der Waals surface area contributed by atoms with Gasteiger partial charge in [0.25, 0.3) is 0 Å². The summed E-state index contributed by atoms with van der Waals surface area (Å²) in [5.74, 6) is -1.09. The summed E-state index contributed by atoms with van der Waals surface area (Å²) in [5.41, 5.74) is 0.581. The standard InChI is InChI=1S/C17H13BrClFO4/c1-2-23-17(22)16(10-4-6-14(20)13(19)7-10)24-15-8-12(18)5-3-11(15)9-21/h3-9,16H,2H2,1H3. The molecule has 7 heteroatoms. The van der Waals surface area contributed by atoms with Gasteiger partial charge in [-0.1, -0.05) is 33.6 Å². The fourth-order valence-corrected chi connectivity index (χ4v) is 2.51. The number of benzene rings is 2. The zero-order valence-corrected chi connectivity index (χ0v) is 14.9. The Morgan fingerprint density at radius 3 is 2.71 bits per heavy atom. The maximum absolute atomic E-state index is 13.4. The molecule has 0 saturated heterocycles. The Bertz CT molecular complexity index is 766. The van der Waals surface area contributed by atoms with Crippen molar-refractivity contribution in [2.24, 2.45) is 0 Å². The summed E-state index contributed by atoms with van der Waals surface area (Å²) < 4.78 is 24.7. The molecule has 24 heavy (non-hydrogen) atoms. The maximum Gasteiger partial charge on any atom is 0.352 e. The van der Waals surface area contributed by atoms with E-state index in [0.717, 1.165) is 6.07 Å². The molecule has 2 rings (SSSR count). The van der Waals surface area contributed by atoms with Crippen molar-refractivity contribution in [3.8, 4) is 5.75 Å². The van der Waals surface area contributed by atoms with Crippen LogP contribution in [0.5, 0.6) is 5.75 Å². The molecule has 0 aliphatic rings. The van der Waals surface area contributed by atoms with Crippen LogP contribution in [0.2, 0.25) is 5.02 Å². The van der Waals surface area contributed by atoms with Gasteiger partial charge in [0.2, 0.25) is 6.10 Å². The molecular weight excluding hydrogens is 403 g/mol. The van der Waals surface area contributed by atoms with Crippen LogP contribution in [-0.4, -0.2) is 18.9 Å². The number of carbonyl (C=O) groups excluding carboxylic acids is 2. The SMILES string of the molecule is CCOC(=O)C(Oc1cc(Br)ccc1C=O)c1ccc(F)c(Cl)c1. The van der Waals surface area contributed by atoms with Gasteiger partial charge < -0.3 is 9.47 Å². The molecule has 2 aromatic rings. The molecule has 1 unspecified atom stereocenters. The van der Waals surface area contributed by atoms with Crippen molar-refractivity contribution in [3.05, 3.63) is 62.8 Å². The second-order valence-corrected chi connectivity index (χ2v) is 6.05. The van der Waals surface area contributed by atoms with Crippen LogP contribution in [0.25, 0.3) is 0 Å². The summed E-state index contributed by atoms with van der Waals surface area (Å²) in [7, 11) is 0. The lowest BCUT2D eigenvalue weighted by Gasteiger charge is -2.19. The predicted octanol–water partition coefficient (Wildman–Crippen LogP) is 4.74. The van der Waals surface area contributed by atoms with Crippen LogP contribution in [0.1, 0.15) is 28.9 Å². The molecular formula is C17H13BrClFO4. The third kappa shape index (κ3) is 4.33. The molecule has 0 saturated carbocycles. The van der Waals surface area contributed by atoms with E-state index in [9.17, 15) is 14.0 Å². The average Bonchev–Trinajstić information content (AvgIpc) is 2.55. The lowest BCUT2D eigenvalue weighted by Crippen LogP contribution is -2.22. The summed E-state index contributed by atoms with van der Waals surface area (Å²) in [6, 6.07) is 8.57. The van der Waals surface area contributed by atoms with E-state index in [1.54, 1.807) is 25.1 Å². The third-order valence-electron chi connectivity index (χ3n) is 3.09. The zero-order chi connectivity index (χ0) is 17.7. The van der Waals surface area contributed by atoms with Gasteiger partial charge in [-0.25, -0.2) is 9.18 Å². The van der Waals surface area contributed by atoms with Crippen LogP contribution in [0.15, 0.2) is 40.9 Å². The monoisotopic (exact) mass is 414 g/mol. The lowest BCUT2D eigenvalue weighted by atomic mass is 10.1. The van der Waals surface area contributed by atoms with E-state index in [-0.39, 0.29) is 22.9 Å². The number of hydrogen-bond acceptors (Lipinski definition) is 4. The van der Waals surface area contributed by atoms with E-state index in [2.05, 4.69) is 15.9 Å². The van der Waals surface area contributed by atoms with Crippen LogP contribution >= 0.6 is 27.5 Å². The number of aldehydes is 1. The molecule has 0 bridgehead atoms. The minimum atomic E-state index is -1.18. The molecule has 0 spiro atoms. The number of hydrogen-bond donors (Lipinski definition) is 0. The Kier molecular flexibility index (Phi) is 6.34. The van der Waals surface area contributed by atoms with Gasteiger partial charge in [-0.15, -0.1) is 0 Å². The second kappa shape index (κ2) is 8.26. The summed E-state index contributed by atoms with van der Waals surface area (Å²) in [6.07, 6.45) is -0.571. The Morgan fingerprint density at radius 1 is 1.33 bits per heavy atom. The predicted molar refractivity (Wildman–Crippen MR) is 90.9 cm³/mol. The van der Waals surface area contributed by atoms with E-state index in [4.69, 9.17) is 21.1 Å². The summed E-state index contributed by atoms with van der Waals surface area (Å²) in [4.78, 5) is 23.4. The Hall–Kier alpha value is -1.92. The van der Waals surface area contributed by atoms with Crippen molar-refractivity contribution >= 4 is 39.8 Å². The second-order valence-electron chi connectivity index (χ2n) is 4.72. The summed E-state index contributed by atoms with van der Waals surface area (Å²) in [5, 5.41) is -0.143. The fourth-order valence-electron chi connectivity index (χ4n) is 1.98. The van der Waals surface area contributed by atoms with Gasteiger partial charge in [-0.05, 0) is 37.3 Å². The van der Waals surface area contributed by atoms with Gasteiger partial charge in [0, 0.05) is 10.0 Å². The van der Waals surface area contributed by atoms with Gasteiger partial charge in [-0.2, -0.15) is 0 Å². The van der Waals surface area contributed by atoms with Crippen LogP contribution in [0.3, 0.4) is 0 Å². The van der Waals surface area contributed by atoms with Gasteiger partial charge in [0.05, 0.1) is 17.2 Å². The average molecular weight is 416 g/mol. The number of ether oxygens (including phenoxy) is 2. The number of carbonyl (C=O) groups is 2. The first-order valence-electron chi connectivity index (χ1n) is 6.99. The fraction of sp³-hybridized carbons (Fsp3) is 0.176. The van der Waals surface area contributed by atoms with Crippen LogP contribution in [-0.2, 0) is 9.53 Å². The summed E-state index contributed by atoms with van der Waals surface area (Å²) >= 11 is 9.06. The smallest absolute Gasteiger partial charge is 0.352 e. The topological polar surface area (TPSA) is 52.6 Å². The van der Waals surface area contributed by atoms with Crippen molar-refractivity contribution < 1.29 is 23.5 Å². The normalized spacial score (nSPS) is 11.7. The number of rotatable bonds is 6. The number of esters is 1. The van der Waals surface area contributed by atoms with Crippen molar-refractivity contribution in [1.29, 1.82) is 0 Å². The van der Waals surface area contributed by atoms with E-state index in [0.29, 0.717) is 16.3 Å². The highest BCUT2D eigenvalue weighted by Gasteiger charge is 2.26. The minimum absolute atomic E-state index is 0.143. The molecule has 0 N–H and O–H groups in total. The van der Waals surface area contributed by atoms with Crippen LogP contribution < -0.4 is 4.74 Å². The van der Waals surface area contributed by atoms with E-state index in [1.807, 2.05) is 0 Å². The quantitative estimate of drug-likeness (QED) is 0.505. The first-order chi connectivity index (χ1) is 11.5. The third-order valence-corrected chi connectivity index (χ3v) is 3.88. The highest BCUT2D eigenvalue weighted by Crippen LogP contribution is 2.30. The molecule has 0 aliphatic carbocycles. The molecule has 0 fully saturated rings. The van der Waals surface area contributed by atoms with Crippen molar-refractivity contribution in [1.82, 2.24) is 0 Å². The van der Waals surface area contributed by atoms with E-state index >= 15 is 0 Å². The van der Waals surface area contributed by atoms with Crippen molar-refractivity contribution in [2.75, 3.05) is 6.61 Å².